The molecule has 82 valence electrons. The maximum absolute atomic E-state index is 5.94. The van der Waals surface area contributed by atoms with Crippen LogP contribution < -0.4 is 0 Å². The lowest BCUT2D eigenvalue weighted by molar-refractivity contribution is 0.846. The molecule has 0 fully saturated rings. The highest BCUT2D eigenvalue weighted by atomic mass is 35.5. The first-order valence-corrected chi connectivity index (χ1v) is 6.38. The molecule has 2 aromatic rings. The van der Waals surface area contributed by atoms with Crippen molar-refractivity contribution in [3.05, 3.63) is 34.4 Å². The number of benzene rings is 1. The maximum atomic E-state index is 5.94. The third-order valence-corrected chi connectivity index (χ3v) is 3.21. The van der Waals surface area contributed by atoms with Crippen LogP contribution in [0.15, 0.2) is 29.6 Å². The van der Waals surface area contributed by atoms with Crippen molar-refractivity contribution in [3.63, 3.8) is 0 Å². The molecule has 3 nitrogen and oxygen atoms in total. The third kappa shape index (κ3) is 2.45. The van der Waals surface area contributed by atoms with Gasteiger partial charge in [-0.1, -0.05) is 41.0 Å². The van der Waals surface area contributed by atoms with Gasteiger partial charge in [0.2, 0.25) is 5.16 Å². The van der Waals surface area contributed by atoms with E-state index in [1.807, 2.05) is 12.3 Å². The Labute approximate surface area is 107 Å². The highest BCUT2D eigenvalue weighted by Crippen LogP contribution is 2.27. The molecule has 0 saturated heterocycles. The van der Waals surface area contributed by atoms with E-state index < -0.39 is 0 Å². The molecule has 0 aliphatic carbocycles. The first-order valence-electron chi connectivity index (χ1n) is 4.40. The van der Waals surface area contributed by atoms with E-state index >= 15 is 0 Å². The molecule has 16 heavy (non-hydrogen) atoms. The summed E-state index contributed by atoms with van der Waals surface area (Å²) in [7, 11) is 0. The van der Waals surface area contributed by atoms with Crippen LogP contribution in [-0.2, 0) is 0 Å². The molecule has 6 heteroatoms. The quantitative estimate of drug-likeness (QED) is 0.783. The molecule has 1 aromatic carbocycles. The van der Waals surface area contributed by atoms with E-state index in [4.69, 9.17) is 23.2 Å². The summed E-state index contributed by atoms with van der Waals surface area (Å²) in [5.41, 5.74) is 1.61. The number of nitrogens with zero attached hydrogens (tertiary/aromatic N) is 3. The zero-order valence-electron chi connectivity index (χ0n) is 8.32. The molecule has 0 N–H and O–H groups in total. The lowest BCUT2D eigenvalue weighted by Gasteiger charge is -2.02. The van der Waals surface area contributed by atoms with Gasteiger partial charge in [-0.25, -0.2) is 4.98 Å². The van der Waals surface area contributed by atoms with Gasteiger partial charge in [0.15, 0.2) is 0 Å². The summed E-state index contributed by atoms with van der Waals surface area (Å²) in [4.78, 5) is 4.32. The average molecular weight is 272 g/mol. The minimum atomic E-state index is 0.503. The maximum Gasteiger partial charge on any atom is 0.209 e. The fraction of sp³-hybridized carbons (Fsp3) is 0.100. The van der Waals surface area contributed by atoms with Crippen molar-refractivity contribution in [2.24, 2.45) is 0 Å². The second kappa shape index (κ2) is 4.99. The predicted molar refractivity (Wildman–Crippen MR) is 67.1 cm³/mol. The van der Waals surface area contributed by atoms with E-state index in [9.17, 15) is 0 Å². The van der Waals surface area contributed by atoms with Crippen LogP contribution in [0.4, 0.5) is 0 Å². The molecule has 0 aliphatic rings. The van der Waals surface area contributed by atoms with Crippen LogP contribution in [-0.4, -0.2) is 21.4 Å². The van der Waals surface area contributed by atoms with Crippen molar-refractivity contribution in [1.82, 2.24) is 15.2 Å². The Kier molecular flexibility index (Phi) is 3.63. The highest BCUT2D eigenvalue weighted by Gasteiger charge is 2.05. The van der Waals surface area contributed by atoms with Crippen molar-refractivity contribution in [2.45, 2.75) is 5.16 Å². The monoisotopic (exact) mass is 271 g/mol. The fourth-order valence-corrected chi connectivity index (χ4v) is 1.78. The molecule has 0 unspecified atom stereocenters. The Morgan fingerprint density at radius 3 is 2.69 bits per heavy atom. The molecule has 0 saturated carbocycles. The number of thioether (sulfide) groups is 1. The molecule has 0 bridgehead atoms. The minimum Gasteiger partial charge on any atom is -0.219 e. The van der Waals surface area contributed by atoms with Gasteiger partial charge in [-0.2, -0.15) is 5.10 Å². The summed E-state index contributed by atoms with van der Waals surface area (Å²) in [5.74, 6) is 0. The predicted octanol–water partition coefficient (Wildman–Crippen LogP) is 3.57. The molecule has 0 aliphatic heterocycles. The Morgan fingerprint density at radius 2 is 2.00 bits per heavy atom. The van der Waals surface area contributed by atoms with Crippen LogP contribution in [0.3, 0.4) is 0 Å². The number of hydrogen-bond acceptors (Lipinski definition) is 4. The van der Waals surface area contributed by atoms with Crippen LogP contribution in [0.2, 0.25) is 10.0 Å². The smallest absolute Gasteiger partial charge is 0.209 e. The summed E-state index contributed by atoms with van der Waals surface area (Å²) in [6, 6.07) is 5.35. The molecular weight excluding hydrogens is 265 g/mol. The normalized spacial score (nSPS) is 10.4. The zero-order chi connectivity index (χ0) is 11.5. The lowest BCUT2D eigenvalue weighted by Crippen LogP contribution is -1.92. The minimum absolute atomic E-state index is 0.503. The topological polar surface area (TPSA) is 38.7 Å². The van der Waals surface area contributed by atoms with Crippen molar-refractivity contribution in [2.75, 3.05) is 6.26 Å². The number of hydrogen-bond donors (Lipinski definition) is 0. The van der Waals surface area contributed by atoms with Crippen LogP contribution in [0.5, 0.6) is 0 Å². The van der Waals surface area contributed by atoms with Gasteiger partial charge < -0.3 is 0 Å². The van der Waals surface area contributed by atoms with E-state index in [1.54, 1.807) is 18.3 Å². The van der Waals surface area contributed by atoms with Crippen LogP contribution in [0.1, 0.15) is 0 Å². The highest BCUT2D eigenvalue weighted by molar-refractivity contribution is 7.98. The molecule has 0 amide bonds. The summed E-state index contributed by atoms with van der Waals surface area (Å²) in [6.45, 7) is 0. The molecule has 0 radical (unpaired) electrons. The Hall–Kier alpha value is -0.840. The number of halogens is 2. The van der Waals surface area contributed by atoms with Crippen molar-refractivity contribution in [1.29, 1.82) is 0 Å². The van der Waals surface area contributed by atoms with Gasteiger partial charge >= 0.3 is 0 Å². The van der Waals surface area contributed by atoms with Gasteiger partial charge in [-0.15, -0.1) is 5.10 Å². The van der Waals surface area contributed by atoms with Gasteiger partial charge in [0.05, 0.1) is 21.9 Å². The first-order chi connectivity index (χ1) is 7.70. The van der Waals surface area contributed by atoms with Crippen LogP contribution >= 0.6 is 35.0 Å². The SMILES string of the molecule is CSc1nncc(-c2ccc(Cl)c(Cl)c2)n1. The lowest BCUT2D eigenvalue weighted by atomic mass is 10.2. The van der Waals surface area contributed by atoms with E-state index in [1.165, 1.54) is 11.8 Å². The van der Waals surface area contributed by atoms with Crippen molar-refractivity contribution < 1.29 is 0 Å². The summed E-state index contributed by atoms with van der Waals surface area (Å²) in [5, 5.41) is 9.40. The van der Waals surface area contributed by atoms with Gasteiger partial charge in [0.25, 0.3) is 0 Å². The van der Waals surface area contributed by atoms with Gasteiger partial charge in [0.1, 0.15) is 0 Å². The number of rotatable bonds is 2. The standard InChI is InChI=1S/C10H7Cl2N3S/c1-16-10-14-9(5-13-15-10)6-2-3-7(11)8(12)4-6/h2-5H,1H3. The molecule has 2 rings (SSSR count). The fourth-order valence-electron chi connectivity index (χ4n) is 1.17. The summed E-state index contributed by atoms with van der Waals surface area (Å²) < 4.78 is 0. The Morgan fingerprint density at radius 1 is 1.19 bits per heavy atom. The van der Waals surface area contributed by atoms with E-state index in [2.05, 4.69) is 15.2 Å². The van der Waals surface area contributed by atoms with E-state index in [0.29, 0.717) is 15.2 Å². The Balaban J connectivity index is 2.46. The summed E-state index contributed by atoms with van der Waals surface area (Å²) in [6.07, 6.45) is 3.49. The average Bonchev–Trinajstić information content (AvgIpc) is 2.33. The Bertz CT molecular complexity index is 519. The van der Waals surface area contributed by atoms with Crippen LogP contribution in [0.25, 0.3) is 11.3 Å². The molecule has 0 spiro atoms. The summed E-state index contributed by atoms with van der Waals surface area (Å²) >= 11 is 13.2. The van der Waals surface area contributed by atoms with Gasteiger partial charge in [-0.05, 0) is 18.4 Å². The second-order valence-corrected chi connectivity index (χ2v) is 4.54. The molecule has 0 atom stereocenters. The number of aromatic nitrogens is 3. The molecule has 1 aromatic heterocycles. The molecular formula is C10H7Cl2N3S. The van der Waals surface area contributed by atoms with Gasteiger partial charge in [0, 0.05) is 5.56 Å². The van der Waals surface area contributed by atoms with Crippen molar-refractivity contribution >= 4 is 35.0 Å². The van der Waals surface area contributed by atoms with Crippen LogP contribution in [0, 0.1) is 0 Å². The van der Waals surface area contributed by atoms with E-state index in [0.717, 1.165) is 11.3 Å². The molecule has 1 heterocycles. The largest absolute Gasteiger partial charge is 0.219 e. The third-order valence-electron chi connectivity index (χ3n) is 1.94. The first kappa shape index (κ1) is 11.6. The van der Waals surface area contributed by atoms with Gasteiger partial charge in [-0.3, -0.25) is 0 Å². The van der Waals surface area contributed by atoms with E-state index in [-0.39, 0.29) is 0 Å². The zero-order valence-corrected chi connectivity index (χ0v) is 10.6. The second-order valence-electron chi connectivity index (χ2n) is 2.96. The van der Waals surface area contributed by atoms with Crippen molar-refractivity contribution in [3.8, 4) is 11.3 Å².